The van der Waals surface area contributed by atoms with Crippen LogP contribution in [0.2, 0.25) is 0 Å². The van der Waals surface area contributed by atoms with Gasteiger partial charge in [0.05, 0.1) is 12.5 Å². The van der Waals surface area contributed by atoms with Crippen LogP contribution in [0.5, 0.6) is 5.75 Å². The van der Waals surface area contributed by atoms with Crippen molar-refractivity contribution in [3.8, 4) is 5.75 Å². The second-order valence-electron chi connectivity index (χ2n) is 7.26. The van der Waals surface area contributed by atoms with E-state index in [1.165, 1.54) is 5.56 Å². The maximum absolute atomic E-state index is 13.3. The summed E-state index contributed by atoms with van der Waals surface area (Å²) in [5, 5.41) is 3.18. The average Bonchev–Trinajstić information content (AvgIpc) is 3.05. The number of carbonyl (C=O) groups is 1. The molecule has 2 aromatic rings. The third-order valence-corrected chi connectivity index (χ3v) is 5.38. The second-order valence-corrected chi connectivity index (χ2v) is 7.26. The number of rotatable bonds is 4. The number of amides is 1. The van der Waals surface area contributed by atoms with E-state index in [2.05, 4.69) is 36.5 Å². The molecule has 1 aliphatic rings. The van der Waals surface area contributed by atoms with Gasteiger partial charge in [0.2, 0.25) is 5.91 Å². The van der Waals surface area contributed by atoms with Crippen molar-refractivity contribution in [1.29, 1.82) is 0 Å². The monoisotopic (exact) mass is 337 g/mol. The number of anilines is 1. The van der Waals surface area contributed by atoms with Gasteiger partial charge in [-0.15, -0.1) is 0 Å². The maximum Gasteiger partial charge on any atom is 0.235 e. The van der Waals surface area contributed by atoms with Crippen molar-refractivity contribution < 1.29 is 9.53 Å². The number of ether oxygens (including phenoxy) is 1. The minimum absolute atomic E-state index is 0.111. The van der Waals surface area contributed by atoms with E-state index >= 15 is 0 Å². The van der Waals surface area contributed by atoms with Crippen LogP contribution in [0.15, 0.2) is 36.4 Å². The topological polar surface area (TPSA) is 38.3 Å². The van der Waals surface area contributed by atoms with Gasteiger partial charge in [0, 0.05) is 5.69 Å². The van der Waals surface area contributed by atoms with Gasteiger partial charge in [0.25, 0.3) is 0 Å². The van der Waals surface area contributed by atoms with Crippen LogP contribution in [0.25, 0.3) is 0 Å². The fourth-order valence-corrected chi connectivity index (χ4v) is 4.16. The van der Waals surface area contributed by atoms with Crippen LogP contribution >= 0.6 is 0 Å². The lowest BCUT2D eigenvalue weighted by atomic mass is 9.77. The van der Waals surface area contributed by atoms with Crippen molar-refractivity contribution in [3.05, 3.63) is 58.7 Å². The summed E-state index contributed by atoms with van der Waals surface area (Å²) in [6, 6.07) is 12.4. The smallest absolute Gasteiger partial charge is 0.235 e. The molecular formula is C22H27NO2. The summed E-state index contributed by atoms with van der Waals surface area (Å²) >= 11 is 0. The Bertz CT molecular complexity index is 765. The summed E-state index contributed by atoms with van der Waals surface area (Å²) in [5.41, 5.74) is 4.85. The van der Waals surface area contributed by atoms with E-state index in [9.17, 15) is 4.79 Å². The molecule has 1 fully saturated rings. The Hall–Kier alpha value is -2.29. The number of hydrogen-bond donors (Lipinski definition) is 1. The van der Waals surface area contributed by atoms with Crippen LogP contribution in [-0.2, 0) is 10.2 Å². The molecule has 0 aliphatic heterocycles. The Kier molecular flexibility index (Phi) is 4.85. The first-order chi connectivity index (χ1) is 12.0. The summed E-state index contributed by atoms with van der Waals surface area (Å²) in [5.74, 6) is 0.992. The van der Waals surface area contributed by atoms with Gasteiger partial charge in [-0.25, -0.2) is 0 Å². The maximum atomic E-state index is 13.3. The van der Waals surface area contributed by atoms with Gasteiger partial charge >= 0.3 is 0 Å². The first kappa shape index (κ1) is 17.5. The van der Waals surface area contributed by atoms with Gasteiger partial charge in [0.15, 0.2) is 0 Å². The van der Waals surface area contributed by atoms with Crippen LogP contribution in [0.4, 0.5) is 5.69 Å². The third kappa shape index (κ3) is 3.28. The Morgan fingerprint density at radius 2 is 1.68 bits per heavy atom. The van der Waals surface area contributed by atoms with Crippen LogP contribution in [0.1, 0.15) is 47.9 Å². The van der Waals surface area contributed by atoms with E-state index in [4.69, 9.17) is 4.74 Å². The van der Waals surface area contributed by atoms with Crippen LogP contribution < -0.4 is 10.1 Å². The first-order valence-electron chi connectivity index (χ1n) is 9.00. The average molecular weight is 337 g/mol. The van der Waals surface area contributed by atoms with Gasteiger partial charge in [-0.1, -0.05) is 42.7 Å². The van der Waals surface area contributed by atoms with Gasteiger partial charge < -0.3 is 10.1 Å². The van der Waals surface area contributed by atoms with Crippen molar-refractivity contribution in [3.63, 3.8) is 0 Å². The highest BCUT2D eigenvalue weighted by molar-refractivity contribution is 5.99. The molecule has 3 heteroatoms. The molecule has 0 aromatic heterocycles. The summed E-state index contributed by atoms with van der Waals surface area (Å²) in [6.07, 6.45) is 4.02. The molecule has 25 heavy (non-hydrogen) atoms. The lowest BCUT2D eigenvalue weighted by Crippen LogP contribution is -2.38. The van der Waals surface area contributed by atoms with Crippen molar-refractivity contribution in [2.75, 3.05) is 12.4 Å². The summed E-state index contributed by atoms with van der Waals surface area (Å²) in [7, 11) is 1.68. The standard InChI is InChI=1S/C22H27NO2/c1-15-8-7-9-18(12-15)22(10-5-6-11-22)21(24)23-19-13-16(2)20(25-4)17(3)14-19/h7-9,12-14H,5-6,10-11H2,1-4H3,(H,23,24). The quantitative estimate of drug-likeness (QED) is 0.846. The van der Waals surface area contributed by atoms with Crippen molar-refractivity contribution >= 4 is 11.6 Å². The van der Waals surface area contributed by atoms with Gasteiger partial charge in [0.1, 0.15) is 5.75 Å². The Morgan fingerprint density at radius 3 is 2.24 bits per heavy atom. The largest absolute Gasteiger partial charge is 0.496 e. The molecule has 0 saturated heterocycles. The number of benzene rings is 2. The van der Waals surface area contributed by atoms with E-state index in [1.807, 2.05) is 26.0 Å². The molecular weight excluding hydrogens is 310 g/mol. The van der Waals surface area contributed by atoms with Crippen LogP contribution in [0.3, 0.4) is 0 Å². The molecule has 1 amide bonds. The van der Waals surface area contributed by atoms with Crippen molar-refractivity contribution in [1.82, 2.24) is 0 Å². The summed E-state index contributed by atoms with van der Waals surface area (Å²) in [4.78, 5) is 13.3. The van der Waals surface area contributed by atoms with Crippen molar-refractivity contribution in [2.45, 2.75) is 51.9 Å². The van der Waals surface area contributed by atoms with E-state index in [0.29, 0.717) is 0 Å². The molecule has 1 aliphatic carbocycles. The molecule has 2 aromatic carbocycles. The Labute approximate surface area is 150 Å². The lowest BCUT2D eigenvalue weighted by molar-refractivity contribution is -0.121. The SMILES string of the molecule is COc1c(C)cc(NC(=O)C2(c3cccc(C)c3)CCCC2)cc1C. The predicted octanol–water partition coefficient (Wildman–Crippen LogP) is 5.07. The number of nitrogens with one attached hydrogen (secondary N) is 1. The van der Waals surface area contributed by atoms with Gasteiger partial charge in [-0.2, -0.15) is 0 Å². The zero-order valence-electron chi connectivity index (χ0n) is 15.6. The van der Waals surface area contributed by atoms with Gasteiger partial charge in [-0.3, -0.25) is 4.79 Å². The number of hydrogen-bond acceptors (Lipinski definition) is 2. The highest BCUT2D eigenvalue weighted by atomic mass is 16.5. The van der Waals surface area contributed by atoms with Crippen LogP contribution in [0, 0.1) is 20.8 Å². The molecule has 0 spiro atoms. The number of aryl methyl sites for hydroxylation is 3. The minimum Gasteiger partial charge on any atom is -0.496 e. The Morgan fingerprint density at radius 1 is 1.04 bits per heavy atom. The predicted molar refractivity (Wildman–Crippen MR) is 102 cm³/mol. The highest BCUT2D eigenvalue weighted by Crippen LogP contribution is 2.42. The number of methoxy groups -OCH3 is 1. The highest BCUT2D eigenvalue weighted by Gasteiger charge is 2.42. The van der Waals surface area contributed by atoms with Gasteiger partial charge in [-0.05, 0) is 62.4 Å². The molecule has 132 valence electrons. The van der Waals surface area contributed by atoms with E-state index < -0.39 is 5.41 Å². The molecule has 0 bridgehead atoms. The lowest BCUT2D eigenvalue weighted by Gasteiger charge is -2.29. The third-order valence-electron chi connectivity index (χ3n) is 5.38. The molecule has 3 rings (SSSR count). The fourth-order valence-electron chi connectivity index (χ4n) is 4.16. The van der Waals surface area contributed by atoms with E-state index in [0.717, 1.165) is 53.8 Å². The normalized spacial score (nSPS) is 15.8. The first-order valence-corrected chi connectivity index (χ1v) is 9.00. The molecule has 0 atom stereocenters. The molecule has 0 heterocycles. The Balaban J connectivity index is 1.93. The minimum atomic E-state index is -0.409. The summed E-state index contributed by atoms with van der Waals surface area (Å²) < 4.78 is 5.43. The molecule has 0 unspecified atom stereocenters. The zero-order chi connectivity index (χ0) is 18.0. The molecule has 0 radical (unpaired) electrons. The zero-order valence-corrected chi connectivity index (χ0v) is 15.6. The second kappa shape index (κ2) is 6.91. The van der Waals surface area contributed by atoms with Crippen LogP contribution in [-0.4, -0.2) is 13.0 Å². The molecule has 3 nitrogen and oxygen atoms in total. The van der Waals surface area contributed by atoms with Crippen molar-refractivity contribution in [2.24, 2.45) is 0 Å². The molecule has 1 saturated carbocycles. The van der Waals surface area contributed by atoms with E-state index in [1.54, 1.807) is 7.11 Å². The van der Waals surface area contributed by atoms with E-state index in [-0.39, 0.29) is 5.91 Å². The molecule has 1 N–H and O–H groups in total. The summed E-state index contributed by atoms with van der Waals surface area (Å²) in [6.45, 7) is 6.10. The fraction of sp³-hybridized carbons (Fsp3) is 0.409. The number of carbonyl (C=O) groups excluding carboxylic acids is 1.